The number of hydrogen-bond acceptors (Lipinski definition) is 6. The van der Waals surface area contributed by atoms with Crippen molar-refractivity contribution in [2.24, 2.45) is 0 Å². The van der Waals surface area contributed by atoms with Crippen molar-refractivity contribution in [1.29, 1.82) is 0 Å². The number of piperidine rings is 1. The molecule has 1 saturated heterocycles. The summed E-state index contributed by atoms with van der Waals surface area (Å²) in [6.07, 6.45) is 2.77. The van der Waals surface area contributed by atoms with Gasteiger partial charge in [0.15, 0.2) is 0 Å². The first-order chi connectivity index (χ1) is 19.1. The number of sulfonamides is 2. The van der Waals surface area contributed by atoms with E-state index in [1.807, 2.05) is 0 Å². The predicted molar refractivity (Wildman–Crippen MR) is 155 cm³/mol. The molecule has 0 bridgehead atoms. The number of ether oxygens (including phenoxy) is 1. The summed E-state index contributed by atoms with van der Waals surface area (Å²) < 4.78 is 60.8. The van der Waals surface area contributed by atoms with Crippen LogP contribution in [0.2, 0.25) is 5.02 Å². The van der Waals surface area contributed by atoms with E-state index in [0.29, 0.717) is 35.1 Å². The van der Waals surface area contributed by atoms with E-state index in [1.165, 1.54) is 40.7 Å². The summed E-state index contributed by atoms with van der Waals surface area (Å²) in [5.41, 5.74) is 1.09. The second-order valence-electron chi connectivity index (χ2n) is 9.39. The molecular formula is C28H32ClN3O6S2. The van der Waals surface area contributed by atoms with E-state index >= 15 is 0 Å². The number of amides is 1. The van der Waals surface area contributed by atoms with Gasteiger partial charge in [-0.2, -0.15) is 4.31 Å². The van der Waals surface area contributed by atoms with E-state index < -0.39 is 32.5 Å². The van der Waals surface area contributed by atoms with Crippen LogP contribution in [-0.4, -0.2) is 59.8 Å². The van der Waals surface area contributed by atoms with E-state index in [4.69, 9.17) is 16.3 Å². The second kappa shape index (κ2) is 13.0. The molecule has 0 atom stereocenters. The van der Waals surface area contributed by atoms with Gasteiger partial charge in [0.2, 0.25) is 15.9 Å². The number of benzene rings is 3. The van der Waals surface area contributed by atoms with Crippen molar-refractivity contribution >= 4 is 43.2 Å². The van der Waals surface area contributed by atoms with Crippen molar-refractivity contribution < 1.29 is 26.4 Å². The average Bonchev–Trinajstić information content (AvgIpc) is 2.95. The summed E-state index contributed by atoms with van der Waals surface area (Å²) in [6.45, 7) is 2.63. The first-order valence-electron chi connectivity index (χ1n) is 12.9. The lowest BCUT2D eigenvalue weighted by molar-refractivity contribution is -0.119. The minimum atomic E-state index is -4.06. The third-order valence-electron chi connectivity index (χ3n) is 6.54. The summed E-state index contributed by atoms with van der Waals surface area (Å²) in [5.74, 6) is -0.0499. The molecule has 1 fully saturated rings. The molecule has 1 amide bonds. The molecule has 214 valence electrons. The van der Waals surface area contributed by atoms with Gasteiger partial charge in [0.05, 0.1) is 22.0 Å². The van der Waals surface area contributed by atoms with Gasteiger partial charge in [-0.3, -0.25) is 9.10 Å². The van der Waals surface area contributed by atoms with Gasteiger partial charge in [-0.05, 0) is 79.9 Å². The Morgan fingerprint density at radius 3 is 2.17 bits per heavy atom. The number of para-hydroxylation sites is 1. The van der Waals surface area contributed by atoms with E-state index in [0.717, 1.165) is 23.6 Å². The molecule has 40 heavy (non-hydrogen) atoms. The zero-order chi connectivity index (χ0) is 28.8. The van der Waals surface area contributed by atoms with Crippen molar-refractivity contribution in [1.82, 2.24) is 9.62 Å². The fourth-order valence-corrected chi connectivity index (χ4v) is 7.51. The lowest BCUT2D eigenvalue weighted by Gasteiger charge is -2.26. The van der Waals surface area contributed by atoms with Gasteiger partial charge >= 0.3 is 0 Å². The summed E-state index contributed by atoms with van der Waals surface area (Å²) in [7, 11) is -7.58. The maximum atomic E-state index is 13.5. The van der Waals surface area contributed by atoms with Gasteiger partial charge < -0.3 is 10.1 Å². The molecule has 3 aromatic carbocycles. The summed E-state index contributed by atoms with van der Waals surface area (Å²) in [6, 6.07) is 18.9. The molecule has 1 aliphatic rings. The zero-order valence-corrected chi connectivity index (χ0v) is 24.5. The van der Waals surface area contributed by atoms with Crippen LogP contribution in [-0.2, 0) is 24.8 Å². The van der Waals surface area contributed by atoms with Crippen LogP contribution in [0.4, 0.5) is 5.69 Å². The van der Waals surface area contributed by atoms with E-state index in [9.17, 15) is 21.6 Å². The molecule has 0 aliphatic carbocycles. The molecule has 0 saturated carbocycles. The Hall–Kier alpha value is -3.12. The first-order valence-corrected chi connectivity index (χ1v) is 16.2. The minimum absolute atomic E-state index is 0.0158. The van der Waals surface area contributed by atoms with Gasteiger partial charge in [0, 0.05) is 18.1 Å². The fourth-order valence-electron chi connectivity index (χ4n) is 4.38. The van der Waals surface area contributed by atoms with Crippen LogP contribution in [0, 0.1) is 6.92 Å². The molecular weight excluding hydrogens is 574 g/mol. The van der Waals surface area contributed by atoms with Crippen molar-refractivity contribution in [2.45, 2.75) is 36.0 Å². The van der Waals surface area contributed by atoms with E-state index in [-0.39, 0.29) is 22.9 Å². The van der Waals surface area contributed by atoms with E-state index in [1.54, 1.807) is 43.3 Å². The number of aryl methyl sites for hydroxylation is 1. The van der Waals surface area contributed by atoms with Crippen molar-refractivity contribution in [3.05, 3.63) is 83.4 Å². The number of hydrogen-bond donors (Lipinski definition) is 1. The number of rotatable bonds is 11. The highest BCUT2D eigenvalue weighted by atomic mass is 35.5. The quantitative estimate of drug-likeness (QED) is 0.328. The number of halogens is 1. The molecule has 0 unspecified atom stereocenters. The van der Waals surface area contributed by atoms with Crippen molar-refractivity contribution in [3.8, 4) is 5.75 Å². The number of carbonyl (C=O) groups excluding carboxylic acids is 1. The molecule has 1 N–H and O–H groups in total. The Morgan fingerprint density at radius 1 is 0.900 bits per heavy atom. The maximum Gasteiger partial charge on any atom is 0.264 e. The minimum Gasteiger partial charge on any atom is -0.492 e. The fraction of sp³-hybridized carbons (Fsp3) is 0.321. The van der Waals surface area contributed by atoms with E-state index in [2.05, 4.69) is 5.32 Å². The SMILES string of the molecule is Cc1ccccc1N(CC(=O)NCCOc1ccc(S(=O)(=O)N2CCCCC2)cc1)S(=O)(=O)c1ccc(Cl)cc1. The standard InChI is InChI=1S/C28H32ClN3O6S2/c1-22-7-3-4-8-27(22)32(40(36,37)26-13-9-23(29)10-14-26)21-28(33)30-17-20-38-24-11-15-25(16-12-24)39(34,35)31-18-5-2-6-19-31/h3-4,7-16H,2,5-6,17-21H2,1H3,(H,30,33). The predicted octanol–water partition coefficient (Wildman–Crippen LogP) is 4.21. The van der Waals surface area contributed by atoms with Gasteiger partial charge in [0.1, 0.15) is 18.9 Å². The molecule has 4 rings (SSSR count). The average molecular weight is 606 g/mol. The van der Waals surface area contributed by atoms with Crippen LogP contribution in [0.25, 0.3) is 0 Å². The molecule has 3 aromatic rings. The van der Waals surface area contributed by atoms with Crippen LogP contribution >= 0.6 is 11.6 Å². The van der Waals surface area contributed by atoms with Gasteiger partial charge in [-0.25, -0.2) is 16.8 Å². The zero-order valence-electron chi connectivity index (χ0n) is 22.1. The molecule has 0 spiro atoms. The van der Waals surface area contributed by atoms with Crippen LogP contribution in [0.15, 0.2) is 82.6 Å². The maximum absolute atomic E-state index is 13.5. The smallest absolute Gasteiger partial charge is 0.264 e. The topological polar surface area (TPSA) is 113 Å². The van der Waals surface area contributed by atoms with Crippen LogP contribution in [0.3, 0.4) is 0 Å². The van der Waals surface area contributed by atoms with Crippen LogP contribution in [0.1, 0.15) is 24.8 Å². The van der Waals surface area contributed by atoms with Crippen LogP contribution in [0.5, 0.6) is 5.75 Å². The van der Waals surface area contributed by atoms with Gasteiger partial charge in [-0.1, -0.05) is 36.2 Å². The number of nitrogens with zero attached hydrogens (tertiary/aromatic N) is 2. The molecule has 0 radical (unpaired) electrons. The molecule has 0 aromatic heterocycles. The third kappa shape index (κ3) is 7.14. The van der Waals surface area contributed by atoms with Crippen molar-refractivity contribution in [2.75, 3.05) is 37.1 Å². The Labute approximate surface area is 240 Å². The normalized spacial score (nSPS) is 14.4. The number of anilines is 1. The number of carbonyl (C=O) groups is 1. The Kier molecular flexibility index (Phi) is 9.72. The molecule has 12 heteroatoms. The van der Waals surface area contributed by atoms with Gasteiger partial charge in [-0.15, -0.1) is 0 Å². The number of nitrogens with one attached hydrogen (secondary N) is 1. The second-order valence-corrected chi connectivity index (χ2v) is 13.6. The molecule has 1 aliphatic heterocycles. The lowest BCUT2D eigenvalue weighted by atomic mass is 10.2. The first kappa shape index (κ1) is 29.9. The monoisotopic (exact) mass is 605 g/mol. The highest BCUT2D eigenvalue weighted by Crippen LogP contribution is 2.27. The Bertz CT molecular complexity index is 1520. The summed E-state index contributed by atoms with van der Waals surface area (Å²) in [5, 5.41) is 3.09. The lowest BCUT2D eigenvalue weighted by Crippen LogP contribution is -2.42. The summed E-state index contributed by atoms with van der Waals surface area (Å²) >= 11 is 5.93. The third-order valence-corrected chi connectivity index (χ3v) is 10.5. The highest BCUT2D eigenvalue weighted by molar-refractivity contribution is 7.92. The summed E-state index contributed by atoms with van der Waals surface area (Å²) in [4.78, 5) is 13.1. The highest BCUT2D eigenvalue weighted by Gasteiger charge is 2.28. The molecule has 9 nitrogen and oxygen atoms in total. The van der Waals surface area contributed by atoms with Crippen molar-refractivity contribution in [3.63, 3.8) is 0 Å². The Balaban J connectivity index is 1.36. The van der Waals surface area contributed by atoms with Crippen LogP contribution < -0.4 is 14.4 Å². The molecule has 1 heterocycles. The largest absolute Gasteiger partial charge is 0.492 e. The van der Waals surface area contributed by atoms with Gasteiger partial charge in [0.25, 0.3) is 10.0 Å². The Morgan fingerprint density at radius 2 is 1.52 bits per heavy atom.